The molecular formula is C12H16N6O3. The van der Waals surface area contributed by atoms with Crippen molar-refractivity contribution in [1.82, 2.24) is 30.2 Å². The number of aromatic amines is 1. The summed E-state index contributed by atoms with van der Waals surface area (Å²) in [6.07, 6.45) is 6.81. The molecule has 9 nitrogen and oxygen atoms in total. The number of amides is 2. The first-order valence-electron chi connectivity index (χ1n) is 6.39. The molecule has 0 saturated heterocycles. The monoisotopic (exact) mass is 292 g/mol. The summed E-state index contributed by atoms with van der Waals surface area (Å²) in [6, 6.07) is -0.270. The van der Waals surface area contributed by atoms with Crippen LogP contribution in [-0.4, -0.2) is 49.7 Å². The molecule has 112 valence electrons. The van der Waals surface area contributed by atoms with E-state index in [4.69, 9.17) is 5.11 Å². The van der Waals surface area contributed by atoms with Crippen LogP contribution >= 0.6 is 0 Å². The number of urea groups is 1. The van der Waals surface area contributed by atoms with Crippen molar-refractivity contribution in [3.05, 3.63) is 36.4 Å². The van der Waals surface area contributed by atoms with Crippen molar-refractivity contribution in [3.8, 4) is 0 Å². The van der Waals surface area contributed by atoms with Crippen molar-refractivity contribution in [1.29, 1.82) is 0 Å². The largest absolute Gasteiger partial charge is 0.476 e. The van der Waals surface area contributed by atoms with Gasteiger partial charge in [-0.05, 0) is 0 Å². The van der Waals surface area contributed by atoms with Crippen LogP contribution in [0.15, 0.2) is 25.0 Å². The molecule has 4 N–H and O–H groups in total. The molecule has 2 rings (SSSR count). The van der Waals surface area contributed by atoms with Gasteiger partial charge < -0.3 is 25.3 Å². The summed E-state index contributed by atoms with van der Waals surface area (Å²) in [4.78, 5) is 32.7. The van der Waals surface area contributed by atoms with Crippen LogP contribution in [0.25, 0.3) is 0 Å². The molecule has 0 radical (unpaired) electrons. The van der Waals surface area contributed by atoms with Gasteiger partial charge in [-0.25, -0.2) is 19.6 Å². The average molecular weight is 292 g/mol. The lowest BCUT2D eigenvalue weighted by Gasteiger charge is -2.07. The molecule has 21 heavy (non-hydrogen) atoms. The first kappa shape index (κ1) is 14.6. The topological polar surface area (TPSA) is 125 Å². The summed E-state index contributed by atoms with van der Waals surface area (Å²) in [5.41, 5.74) is 0.939. The molecule has 2 aromatic heterocycles. The summed E-state index contributed by atoms with van der Waals surface area (Å²) >= 11 is 0. The Hall–Kier alpha value is -2.84. The van der Waals surface area contributed by atoms with Gasteiger partial charge in [0.15, 0.2) is 5.69 Å². The van der Waals surface area contributed by atoms with E-state index in [9.17, 15) is 9.59 Å². The van der Waals surface area contributed by atoms with E-state index in [0.29, 0.717) is 26.1 Å². The van der Waals surface area contributed by atoms with Crippen LogP contribution in [0.3, 0.4) is 0 Å². The highest BCUT2D eigenvalue weighted by Crippen LogP contribution is 1.95. The number of nitrogens with one attached hydrogen (secondary N) is 3. The zero-order chi connectivity index (χ0) is 15.1. The summed E-state index contributed by atoms with van der Waals surface area (Å²) < 4.78 is 1.61. The Labute approximate surface area is 120 Å². The van der Waals surface area contributed by atoms with Crippen molar-refractivity contribution in [2.45, 2.75) is 13.0 Å². The van der Waals surface area contributed by atoms with Crippen molar-refractivity contribution < 1.29 is 14.7 Å². The van der Waals surface area contributed by atoms with Gasteiger partial charge in [0.1, 0.15) is 0 Å². The minimum atomic E-state index is -1.07. The second kappa shape index (κ2) is 7.08. The van der Waals surface area contributed by atoms with E-state index in [0.717, 1.165) is 5.69 Å². The molecule has 0 aliphatic heterocycles. The number of hydrogen-bond acceptors (Lipinski definition) is 4. The summed E-state index contributed by atoms with van der Waals surface area (Å²) in [7, 11) is 0. The van der Waals surface area contributed by atoms with Gasteiger partial charge in [0.2, 0.25) is 0 Å². The Morgan fingerprint density at radius 1 is 1.33 bits per heavy atom. The van der Waals surface area contributed by atoms with E-state index in [2.05, 4.69) is 25.6 Å². The summed E-state index contributed by atoms with van der Waals surface area (Å²) in [5, 5.41) is 14.1. The zero-order valence-electron chi connectivity index (χ0n) is 11.2. The van der Waals surface area contributed by atoms with E-state index in [-0.39, 0.29) is 11.7 Å². The maximum Gasteiger partial charge on any atom is 0.356 e. The number of carboxylic acid groups (broad SMARTS) is 1. The van der Waals surface area contributed by atoms with Crippen molar-refractivity contribution in [3.63, 3.8) is 0 Å². The number of aromatic carboxylic acids is 1. The van der Waals surface area contributed by atoms with Gasteiger partial charge in [0, 0.05) is 44.1 Å². The molecule has 0 unspecified atom stereocenters. The Morgan fingerprint density at radius 3 is 2.81 bits per heavy atom. The Bertz CT molecular complexity index is 592. The Balaban J connectivity index is 1.61. The fourth-order valence-corrected chi connectivity index (χ4v) is 1.69. The first-order chi connectivity index (χ1) is 10.1. The van der Waals surface area contributed by atoms with E-state index < -0.39 is 5.97 Å². The lowest BCUT2D eigenvalue weighted by Crippen LogP contribution is -2.38. The number of nitrogens with zero attached hydrogens (tertiary/aromatic N) is 3. The molecule has 0 atom stereocenters. The van der Waals surface area contributed by atoms with Crippen LogP contribution in [0.5, 0.6) is 0 Å². The maximum absolute atomic E-state index is 11.5. The number of carboxylic acids is 1. The second-order valence-corrected chi connectivity index (χ2v) is 4.31. The first-order valence-corrected chi connectivity index (χ1v) is 6.39. The van der Waals surface area contributed by atoms with Crippen LogP contribution in [0.1, 0.15) is 16.2 Å². The Kier molecular flexibility index (Phi) is 4.91. The number of aromatic nitrogens is 4. The summed E-state index contributed by atoms with van der Waals surface area (Å²) in [6.45, 7) is 1.34. The molecule has 0 spiro atoms. The number of rotatable bonds is 7. The molecule has 0 bridgehead atoms. The number of H-pyrrole nitrogens is 1. The van der Waals surface area contributed by atoms with Gasteiger partial charge in [-0.2, -0.15) is 0 Å². The highest BCUT2D eigenvalue weighted by atomic mass is 16.4. The Morgan fingerprint density at radius 2 is 2.14 bits per heavy atom. The molecule has 0 aliphatic carbocycles. The van der Waals surface area contributed by atoms with Crippen LogP contribution in [0.4, 0.5) is 4.79 Å². The van der Waals surface area contributed by atoms with Crippen LogP contribution < -0.4 is 10.6 Å². The van der Waals surface area contributed by atoms with Gasteiger partial charge in [-0.1, -0.05) is 0 Å². The van der Waals surface area contributed by atoms with E-state index in [1.54, 1.807) is 17.1 Å². The fourth-order valence-electron chi connectivity index (χ4n) is 1.69. The molecule has 2 amide bonds. The number of hydrogen-bond donors (Lipinski definition) is 4. The minimum absolute atomic E-state index is 0.0148. The van der Waals surface area contributed by atoms with Crippen LogP contribution in [-0.2, 0) is 13.0 Å². The van der Waals surface area contributed by atoms with Gasteiger partial charge in [-0.15, -0.1) is 0 Å². The third kappa shape index (κ3) is 4.64. The second-order valence-electron chi connectivity index (χ2n) is 4.31. The van der Waals surface area contributed by atoms with Gasteiger partial charge in [-0.3, -0.25) is 0 Å². The number of imidazole rings is 2. The minimum Gasteiger partial charge on any atom is -0.476 e. The third-order valence-electron chi connectivity index (χ3n) is 2.74. The lowest BCUT2D eigenvalue weighted by molar-refractivity contribution is 0.0691. The van der Waals surface area contributed by atoms with Crippen molar-refractivity contribution in [2.75, 3.05) is 13.1 Å². The zero-order valence-corrected chi connectivity index (χ0v) is 11.2. The summed E-state index contributed by atoms with van der Waals surface area (Å²) in [5.74, 6) is -1.07. The highest BCUT2D eigenvalue weighted by Gasteiger charge is 2.06. The number of carbonyl (C=O) groups excluding carboxylic acids is 1. The average Bonchev–Trinajstić information content (AvgIpc) is 3.09. The molecular weight excluding hydrogens is 276 g/mol. The van der Waals surface area contributed by atoms with E-state index in [1.165, 1.54) is 12.5 Å². The van der Waals surface area contributed by atoms with Crippen molar-refractivity contribution >= 4 is 12.0 Å². The van der Waals surface area contributed by atoms with E-state index >= 15 is 0 Å². The quantitative estimate of drug-likeness (QED) is 0.564. The predicted molar refractivity (Wildman–Crippen MR) is 72.9 cm³/mol. The molecule has 0 aromatic carbocycles. The van der Waals surface area contributed by atoms with Crippen LogP contribution in [0.2, 0.25) is 0 Å². The normalized spacial score (nSPS) is 10.3. The highest BCUT2D eigenvalue weighted by molar-refractivity contribution is 5.84. The third-order valence-corrected chi connectivity index (χ3v) is 2.74. The predicted octanol–water partition coefficient (Wildman–Crippen LogP) is -0.154. The SMILES string of the molecule is O=C(NCCc1cnc[nH]1)NCCn1cnc(C(=O)O)c1. The smallest absolute Gasteiger partial charge is 0.356 e. The van der Waals surface area contributed by atoms with Gasteiger partial charge in [0.25, 0.3) is 0 Å². The van der Waals surface area contributed by atoms with Gasteiger partial charge >= 0.3 is 12.0 Å². The van der Waals surface area contributed by atoms with E-state index in [1.807, 2.05) is 0 Å². The molecule has 0 fully saturated rings. The van der Waals surface area contributed by atoms with Gasteiger partial charge in [0.05, 0.1) is 12.7 Å². The molecule has 2 aromatic rings. The maximum atomic E-state index is 11.5. The standard InChI is InChI=1S/C12H16N6O3/c19-11(20)10-6-18(8-17-10)4-3-15-12(21)14-2-1-9-5-13-7-16-9/h5-8H,1-4H2,(H,13,16)(H,19,20)(H2,14,15,21). The molecule has 2 heterocycles. The number of carbonyl (C=O) groups is 2. The molecule has 9 heteroatoms. The lowest BCUT2D eigenvalue weighted by atomic mass is 10.3. The molecule has 0 aliphatic rings. The van der Waals surface area contributed by atoms with Crippen LogP contribution in [0, 0.1) is 0 Å². The fraction of sp³-hybridized carbons (Fsp3) is 0.333. The molecule has 0 saturated carbocycles. The van der Waals surface area contributed by atoms with Crippen molar-refractivity contribution in [2.24, 2.45) is 0 Å².